The van der Waals surface area contributed by atoms with E-state index in [9.17, 15) is 0 Å². The van der Waals surface area contributed by atoms with Gasteiger partial charge in [0.25, 0.3) is 0 Å². The molecule has 4 radical (unpaired) electrons. The van der Waals surface area contributed by atoms with Gasteiger partial charge < -0.3 is 17.3 Å². The molecular weight excluding hydrogens is 675 g/mol. The monoisotopic (exact) mass is 698 g/mol. The van der Waals surface area contributed by atoms with Crippen molar-refractivity contribution >= 4 is 0 Å². The summed E-state index contributed by atoms with van der Waals surface area (Å²) in [5, 5.41) is 1.25. The first-order chi connectivity index (χ1) is 13.7. The summed E-state index contributed by atoms with van der Waals surface area (Å²) in [6.45, 7) is 36.0. The van der Waals surface area contributed by atoms with Gasteiger partial charge in [0.05, 0.1) is 0 Å². The standard InChI is InChI=1S/C8H13.C2H7N2.8CO.3Ru/c1-2-4-6-8-7-5-3-1;1-4(2)3;8*1-2;;;/h1H,2,4-8H2;3H,1-2H3;;;;;;;;;;;/q2*-1;;;;;;;;;;2*+1. The predicted molar refractivity (Wildman–Crippen MR) is 84.7 cm³/mol. The van der Waals surface area contributed by atoms with Gasteiger partial charge in [-0.05, 0) is 14.1 Å². The second-order valence-corrected chi connectivity index (χ2v) is 3.26. The van der Waals surface area contributed by atoms with Gasteiger partial charge in [-0.15, -0.1) is 0 Å². The van der Waals surface area contributed by atoms with Crippen LogP contribution in [0.1, 0.15) is 38.5 Å². The quantitative estimate of drug-likeness (QED) is 0.161. The van der Waals surface area contributed by atoms with Gasteiger partial charge in [-0.2, -0.15) is 0 Å². The van der Waals surface area contributed by atoms with Crippen LogP contribution in [0.25, 0.3) is 5.84 Å². The Labute approximate surface area is 224 Å². The fraction of sp³-hybridized carbons (Fsp3) is 0.444. The predicted octanol–water partition coefficient (Wildman–Crippen LogP) is 2.83. The minimum atomic E-state index is 0. The van der Waals surface area contributed by atoms with Crippen molar-refractivity contribution in [3.8, 4) is 0 Å². The van der Waals surface area contributed by atoms with Crippen molar-refractivity contribution in [2.45, 2.75) is 38.5 Å². The second-order valence-electron chi connectivity index (χ2n) is 3.26. The van der Waals surface area contributed by atoms with Crippen LogP contribution in [0.2, 0.25) is 0 Å². The molecule has 0 amide bonds. The average molecular weight is 696 g/mol. The van der Waals surface area contributed by atoms with E-state index < -0.39 is 0 Å². The summed E-state index contributed by atoms with van der Waals surface area (Å²) in [5.74, 6) is 6.42. The van der Waals surface area contributed by atoms with Gasteiger partial charge in [0.2, 0.25) is 0 Å². The van der Waals surface area contributed by atoms with Crippen LogP contribution in [0.15, 0.2) is 0 Å². The summed E-state index contributed by atoms with van der Waals surface area (Å²) in [6, 6.07) is 0. The molecule has 0 unspecified atom stereocenters. The van der Waals surface area contributed by atoms with Crippen molar-refractivity contribution in [1.82, 2.24) is 5.01 Å². The molecule has 0 saturated heterocycles. The Kier molecular flexibility index (Phi) is 533. The minimum absolute atomic E-state index is 0. The van der Waals surface area contributed by atoms with Crippen LogP contribution in [0.4, 0.5) is 0 Å². The summed E-state index contributed by atoms with van der Waals surface area (Å²) in [7, 11) is 3.33. The number of hydrogen-bond donors (Lipinski definition) is 0. The molecule has 0 spiro atoms. The minimum Gasteiger partial charge on any atom is -0.476 e. The van der Waals surface area contributed by atoms with Crippen LogP contribution in [0.3, 0.4) is 0 Å². The van der Waals surface area contributed by atoms with Crippen molar-refractivity contribution in [2.24, 2.45) is 0 Å². The molecule has 1 fully saturated rings. The van der Waals surface area contributed by atoms with Gasteiger partial charge in [0.1, 0.15) is 0 Å². The number of nitrogens with one attached hydrogen (secondary N) is 1. The maximum absolute atomic E-state index is 7.50. The Morgan fingerprint density at radius 3 is 1.10 bits per heavy atom. The third-order valence-corrected chi connectivity index (χ3v) is 1.56. The maximum Gasteiger partial charge on any atom is 1.00 e. The molecule has 31 heavy (non-hydrogen) atoms. The maximum atomic E-state index is 7.50. The van der Waals surface area contributed by atoms with Crippen LogP contribution in [-0.4, -0.2) is 19.1 Å². The van der Waals surface area contributed by atoms with E-state index in [1.165, 1.54) is 43.5 Å². The van der Waals surface area contributed by atoms with Crippen LogP contribution < -0.4 is 0 Å². The summed E-state index contributed by atoms with van der Waals surface area (Å²) >= 11 is 0. The molecule has 1 saturated carbocycles. The van der Waals surface area contributed by atoms with Crippen LogP contribution >= 0.6 is 0 Å². The first kappa shape index (κ1) is 77.4. The summed E-state index contributed by atoms with van der Waals surface area (Å²) < 4.78 is 60.0. The van der Waals surface area contributed by atoms with E-state index in [2.05, 4.69) is 66.0 Å². The van der Waals surface area contributed by atoms with E-state index >= 15 is 0 Å². The molecule has 0 atom stereocenters. The molecule has 0 heterocycles. The van der Waals surface area contributed by atoms with Gasteiger partial charge in [0.15, 0.2) is 0 Å². The number of hydrogen-bond acceptors (Lipinski definition) is 1. The molecule has 174 valence electrons. The van der Waals surface area contributed by atoms with E-state index in [1.807, 2.05) is 0 Å². The molecule has 0 aromatic rings. The van der Waals surface area contributed by atoms with Crippen molar-refractivity contribution in [3.63, 3.8) is 0 Å². The fourth-order valence-electron chi connectivity index (χ4n) is 1.03. The zero-order valence-electron chi connectivity index (χ0n) is 16.6. The van der Waals surface area contributed by atoms with Crippen LogP contribution in [0.5, 0.6) is 0 Å². The van der Waals surface area contributed by atoms with E-state index in [0.29, 0.717) is 0 Å². The Hall–Kier alpha value is -0.290. The SMILES string of the molecule is CN(C)[NH-].[C-]#[O+].[C-]#[O+].[C-]#[O+].[C-]#[O+].[C-]#[O+].[C-]#[O+].[C-]#[O+].[C-]#[O+].[C-]1[CH]CCCCCC1.[Ru+].[Ru+].[Ru]. The molecule has 1 aliphatic rings. The van der Waals surface area contributed by atoms with Gasteiger partial charge in [-0.25, -0.2) is 12.8 Å². The van der Waals surface area contributed by atoms with Crippen molar-refractivity contribution < 1.29 is 95.7 Å². The number of rotatable bonds is 0. The Bertz CT molecular complexity index is 268. The topological polar surface area (TPSA) is 186 Å². The third kappa shape index (κ3) is 384. The molecule has 1 aliphatic carbocycles. The zero-order chi connectivity index (χ0) is 25.2. The Morgan fingerprint density at radius 1 is 0.613 bits per heavy atom. The molecule has 0 aromatic carbocycles. The Morgan fingerprint density at radius 2 is 0.839 bits per heavy atom. The van der Waals surface area contributed by atoms with Gasteiger partial charge in [0, 0.05) is 19.5 Å². The van der Waals surface area contributed by atoms with Crippen molar-refractivity contribution in [2.75, 3.05) is 14.1 Å². The Balaban J connectivity index is -0.0000000140. The van der Waals surface area contributed by atoms with E-state index in [0.717, 1.165) is 0 Å². The fourth-order valence-corrected chi connectivity index (χ4v) is 1.03. The van der Waals surface area contributed by atoms with Crippen LogP contribution in [-0.2, 0) is 95.7 Å². The van der Waals surface area contributed by atoms with Crippen molar-refractivity contribution in [1.29, 1.82) is 0 Å². The van der Waals surface area contributed by atoms with E-state index in [1.54, 1.807) is 14.1 Å². The second kappa shape index (κ2) is 213. The molecule has 10 nitrogen and oxygen atoms in total. The normalized spacial score (nSPS) is 7.87. The molecule has 13 heteroatoms. The van der Waals surface area contributed by atoms with E-state index in [-0.39, 0.29) is 58.4 Å². The van der Waals surface area contributed by atoms with Gasteiger partial charge in [-0.3, -0.25) is 0 Å². The molecule has 0 bridgehead atoms. The largest absolute Gasteiger partial charge is 1.00 e. The summed E-state index contributed by atoms with van der Waals surface area (Å²) in [5.41, 5.74) is 0. The first-order valence-electron chi connectivity index (χ1n) is 6.30. The smallest absolute Gasteiger partial charge is 0.476 e. The molecular formula is C18H20N2O8Ru3. The molecule has 0 aliphatic heterocycles. The van der Waals surface area contributed by atoms with E-state index in [4.69, 9.17) is 43.1 Å². The average Bonchev–Trinajstić information content (AvgIpc) is 2.79. The van der Waals surface area contributed by atoms with Crippen molar-refractivity contribution in [3.05, 3.63) is 71.9 Å². The number of nitrogens with zero attached hydrogens (tertiary/aromatic N) is 1. The molecule has 1 rings (SSSR count). The van der Waals surface area contributed by atoms with Gasteiger partial charge in [-0.1, -0.05) is 32.1 Å². The summed E-state index contributed by atoms with van der Waals surface area (Å²) in [6.07, 6.45) is 13.5. The molecule has 1 N–H and O–H groups in total. The first-order valence-corrected chi connectivity index (χ1v) is 6.30. The zero-order valence-corrected chi connectivity index (χ0v) is 21.8. The van der Waals surface area contributed by atoms with Crippen LogP contribution in [0, 0.1) is 66.0 Å². The van der Waals surface area contributed by atoms with Gasteiger partial charge >= 0.3 is 129 Å². The summed E-state index contributed by atoms with van der Waals surface area (Å²) in [4.78, 5) is 0. The molecule has 0 aromatic heterocycles. The third-order valence-electron chi connectivity index (χ3n) is 1.56.